The van der Waals surface area contributed by atoms with Crippen molar-refractivity contribution in [2.45, 2.75) is 25.5 Å². The third-order valence-electron chi connectivity index (χ3n) is 6.46. The maximum atomic E-state index is 12.9. The predicted molar refractivity (Wildman–Crippen MR) is 128 cm³/mol. The maximum Gasteiger partial charge on any atom is 0.275 e. The minimum Gasteiger partial charge on any atom is -0.447 e. The second-order valence-electron chi connectivity index (χ2n) is 8.84. The molecule has 0 unspecified atom stereocenters. The number of aliphatic hydroxyl groups is 1. The zero-order chi connectivity index (χ0) is 23.0. The van der Waals surface area contributed by atoms with Crippen molar-refractivity contribution >= 4 is 11.6 Å². The number of hydrogen-bond donors (Lipinski definition) is 1. The minimum absolute atomic E-state index is 0.0592. The summed E-state index contributed by atoms with van der Waals surface area (Å²) < 4.78 is 5.63. The summed E-state index contributed by atoms with van der Waals surface area (Å²) in [5, 5.41) is 10.1. The van der Waals surface area contributed by atoms with Crippen molar-refractivity contribution in [2.75, 3.05) is 63.8 Å². The van der Waals surface area contributed by atoms with E-state index in [9.17, 15) is 9.90 Å². The topological polar surface area (TPSA) is 76.3 Å². The SMILES string of the molecule is C=CCC[C@H](O)CN1CCN(Cc2nc(C(=O)N3CCN(c4ccccc4)CC3)co2)CC1. The van der Waals surface area contributed by atoms with Crippen LogP contribution in [0.25, 0.3) is 0 Å². The molecule has 0 spiro atoms. The third kappa shape index (κ3) is 6.43. The smallest absolute Gasteiger partial charge is 0.275 e. The standard InChI is InChI=1S/C25H35N5O3/c1-2-3-9-22(31)18-27-10-12-28(13-11-27)19-24-26-23(20-33-24)25(32)30-16-14-29(15-17-30)21-7-5-4-6-8-21/h2,4-8,20,22,31H,1,3,9-19H2/t22-/m0/s1. The van der Waals surface area contributed by atoms with E-state index in [2.05, 4.69) is 38.4 Å². The summed E-state index contributed by atoms with van der Waals surface area (Å²) in [4.78, 5) is 26.1. The third-order valence-corrected chi connectivity index (χ3v) is 6.46. The molecule has 33 heavy (non-hydrogen) atoms. The van der Waals surface area contributed by atoms with E-state index < -0.39 is 0 Å². The molecule has 8 heteroatoms. The van der Waals surface area contributed by atoms with Gasteiger partial charge in [-0.15, -0.1) is 6.58 Å². The van der Waals surface area contributed by atoms with Crippen LogP contribution >= 0.6 is 0 Å². The summed E-state index contributed by atoms with van der Waals surface area (Å²) in [6.07, 6.45) is 4.64. The Morgan fingerprint density at radius 2 is 1.76 bits per heavy atom. The summed E-state index contributed by atoms with van der Waals surface area (Å²) in [5.41, 5.74) is 1.59. The molecule has 2 saturated heterocycles. The second-order valence-corrected chi connectivity index (χ2v) is 8.84. The highest BCUT2D eigenvalue weighted by Gasteiger charge is 2.25. The van der Waals surface area contributed by atoms with E-state index in [1.54, 1.807) is 0 Å². The summed E-state index contributed by atoms with van der Waals surface area (Å²) in [5.74, 6) is 0.525. The van der Waals surface area contributed by atoms with E-state index in [0.29, 0.717) is 37.8 Å². The molecule has 0 aliphatic carbocycles. The Morgan fingerprint density at radius 1 is 1.06 bits per heavy atom. The zero-order valence-corrected chi connectivity index (χ0v) is 19.3. The van der Waals surface area contributed by atoms with Gasteiger partial charge in [-0.2, -0.15) is 0 Å². The van der Waals surface area contributed by atoms with E-state index in [-0.39, 0.29) is 12.0 Å². The Kier molecular flexibility index (Phi) is 8.15. The number of piperazine rings is 2. The number of aliphatic hydroxyl groups excluding tert-OH is 1. The van der Waals surface area contributed by atoms with Crippen LogP contribution in [0.3, 0.4) is 0 Å². The molecule has 0 radical (unpaired) electrons. The lowest BCUT2D eigenvalue weighted by Crippen LogP contribution is -2.49. The van der Waals surface area contributed by atoms with Crippen molar-refractivity contribution < 1.29 is 14.3 Å². The molecule has 4 rings (SSSR count). The number of aromatic nitrogens is 1. The first-order chi connectivity index (χ1) is 16.1. The van der Waals surface area contributed by atoms with E-state index in [4.69, 9.17) is 4.42 Å². The predicted octanol–water partition coefficient (Wildman–Crippen LogP) is 2.08. The first kappa shape index (κ1) is 23.5. The number of benzene rings is 1. The van der Waals surface area contributed by atoms with Crippen LogP contribution in [0.2, 0.25) is 0 Å². The van der Waals surface area contributed by atoms with Gasteiger partial charge in [0.05, 0.1) is 12.6 Å². The Labute approximate surface area is 196 Å². The number of anilines is 1. The van der Waals surface area contributed by atoms with Crippen LogP contribution in [-0.2, 0) is 6.54 Å². The van der Waals surface area contributed by atoms with Crippen LogP contribution in [0.15, 0.2) is 53.7 Å². The van der Waals surface area contributed by atoms with Gasteiger partial charge in [-0.1, -0.05) is 24.3 Å². The molecule has 0 saturated carbocycles. The van der Waals surface area contributed by atoms with E-state index in [1.807, 2.05) is 29.2 Å². The first-order valence-electron chi connectivity index (χ1n) is 11.9. The molecule has 2 fully saturated rings. The number of nitrogens with zero attached hydrogens (tertiary/aromatic N) is 5. The average molecular weight is 454 g/mol. The molecule has 1 amide bonds. The van der Waals surface area contributed by atoms with E-state index >= 15 is 0 Å². The first-order valence-corrected chi connectivity index (χ1v) is 11.9. The molecule has 1 N–H and O–H groups in total. The molecule has 1 aromatic carbocycles. The summed E-state index contributed by atoms with van der Waals surface area (Å²) in [6, 6.07) is 10.3. The molecule has 0 bridgehead atoms. The van der Waals surface area contributed by atoms with Gasteiger partial charge in [-0.05, 0) is 25.0 Å². The molecule has 3 heterocycles. The Morgan fingerprint density at radius 3 is 2.45 bits per heavy atom. The molecule has 178 valence electrons. The summed E-state index contributed by atoms with van der Waals surface area (Å²) >= 11 is 0. The van der Waals surface area contributed by atoms with Gasteiger partial charge in [-0.3, -0.25) is 14.6 Å². The number of rotatable bonds is 9. The minimum atomic E-state index is -0.301. The fourth-order valence-electron chi connectivity index (χ4n) is 4.47. The van der Waals surface area contributed by atoms with Gasteiger partial charge in [0.2, 0.25) is 5.89 Å². The van der Waals surface area contributed by atoms with E-state index in [0.717, 1.165) is 52.1 Å². The number of hydrogen-bond acceptors (Lipinski definition) is 7. The highest BCUT2D eigenvalue weighted by molar-refractivity contribution is 5.92. The van der Waals surface area contributed by atoms with Gasteiger partial charge in [0.1, 0.15) is 6.26 Å². The molecule has 2 aromatic rings. The Hall–Kier alpha value is -2.68. The van der Waals surface area contributed by atoms with Crippen LogP contribution in [-0.4, -0.2) is 95.7 Å². The maximum absolute atomic E-state index is 12.9. The number of oxazole rings is 1. The largest absolute Gasteiger partial charge is 0.447 e. The normalized spacial score (nSPS) is 18.9. The highest BCUT2D eigenvalue weighted by atomic mass is 16.3. The van der Waals surface area contributed by atoms with Gasteiger partial charge in [0.15, 0.2) is 5.69 Å². The van der Waals surface area contributed by atoms with Gasteiger partial charge in [0.25, 0.3) is 5.91 Å². The fourth-order valence-corrected chi connectivity index (χ4v) is 4.47. The number of β-amino-alcohol motifs (C(OH)–C–C–N with tert-alkyl or cyclic N) is 1. The van der Waals surface area contributed by atoms with Crippen LogP contribution < -0.4 is 4.90 Å². The van der Waals surface area contributed by atoms with Crippen LogP contribution in [0.4, 0.5) is 5.69 Å². The lowest BCUT2D eigenvalue weighted by molar-refractivity contribution is 0.0642. The average Bonchev–Trinajstić information content (AvgIpc) is 3.32. The molecule has 2 aliphatic rings. The monoisotopic (exact) mass is 453 g/mol. The molecular formula is C25H35N5O3. The van der Waals surface area contributed by atoms with Crippen molar-refractivity contribution in [1.82, 2.24) is 19.7 Å². The fraction of sp³-hybridized carbons (Fsp3) is 0.520. The van der Waals surface area contributed by atoms with Crippen LogP contribution in [0.1, 0.15) is 29.2 Å². The van der Waals surface area contributed by atoms with Crippen molar-refractivity contribution in [1.29, 1.82) is 0 Å². The number of carbonyl (C=O) groups excluding carboxylic acids is 1. The lowest BCUT2D eigenvalue weighted by atomic mass is 10.1. The molecular weight excluding hydrogens is 418 g/mol. The van der Waals surface area contributed by atoms with Crippen molar-refractivity contribution in [3.05, 3.63) is 60.8 Å². The molecule has 1 atom stereocenters. The Balaban J connectivity index is 1.21. The van der Waals surface area contributed by atoms with E-state index in [1.165, 1.54) is 12.0 Å². The van der Waals surface area contributed by atoms with Gasteiger partial charge >= 0.3 is 0 Å². The number of carbonyl (C=O) groups is 1. The molecule has 1 aromatic heterocycles. The zero-order valence-electron chi connectivity index (χ0n) is 19.3. The second kappa shape index (κ2) is 11.4. The summed E-state index contributed by atoms with van der Waals surface area (Å²) in [6.45, 7) is 11.6. The summed E-state index contributed by atoms with van der Waals surface area (Å²) in [7, 11) is 0. The van der Waals surface area contributed by atoms with Gasteiger partial charge in [-0.25, -0.2) is 4.98 Å². The van der Waals surface area contributed by atoms with Crippen molar-refractivity contribution in [3.8, 4) is 0 Å². The van der Waals surface area contributed by atoms with Gasteiger partial charge in [0, 0.05) is 64.6 Å². The van der Waals surface area contributed by atoms with Crippen LogP contribution in [0.5, 0.6) is 0 Å². The number of allylic oxidation sites excluding steroid dienone is 1. The number of para-hydroxylation sites is 1. The van der Waals surface area contributed by atoms with Crippen LogP contribution in [0, 0.1) is 0 Å². The number of amides is 1. The quantitative estimate of drug-likeness (QED) is 0.583. The van der Waals surface area contributed by atoms with Gasteiger partial charge < -0.3 is 19.3 Å². The highest BCUT2D eigenvalue weighted by Crippen LogP contribution is 2.17. The molecule has 8 nitrogen and oxygen atoms in total. The van der Waals surface area contributed by atoms with Crippen molar-refractivity contribution in [2.24, 2.45) is 0 Å². The Bertz CT molecular complexity index is 886. The van der Waals surface area contributed by atoms with Crippen molar-refractivity contribution in [3.63, 3.8) is 0 Å². The molecule has 2 aliphatic heterocycles. The lowest BCUT2D eigenvalue weighted by Gasteiger charge is -2.35.